The molecule has 0 aromatic carbocycles. The summed E-state index contributed by atoms with van der Waals surface area (Å²) < 4.78 is 0. The van der Waals surface area contributed by atoms with Gasteiger partial charge in [0.2, 0.25) is 0 Å². The van der Waals surface area contributed by atoms with E-state index in [9.17, 15) is 0 Å². The number of carbonyl (C=O) groups is 6. The topological polar surface area (TPSA) is 287 Å². The molecule has 0 spiro atoms. The van der Waals surface area contributed by atoms with E-state index < -0.39 is 0 Å². The molecule has 1 radical (unpaired) electrons. The molecule has 0 aromatic rings. The zero-order valence-corrected chi connectivity index (χ0v) is 15.2. The molecular formula is C6H16ErO14Y. The normalized spacial score (nSPS) is 3.27. The van der Waals surface area contributed by atoms with Crippen LogP contribution in [0.1, 0.15) is 0 Å². The Balaban J connectivity index is -0.00000000947. The van der Waals surface area contributed by atoms with Crippen LogP contribution in [0.3, 0.4) is 0 Å². The number of rotatable bonds is 0. The Kier molecular flexibility index (Phi) is 889. The molecule has 0 saturated heterocycles. The van der Waals surface area contributed by atoms with E-state index in [2.05, 4.69) is 0 Å². The van der Waals surface area contributed by atoms with E-state index in [1.807, 2.05) is 0 Å². The minimum atomic E-state index is -0.250. The van der Waals surface area contributed by atoms with Crippen LogP contribution >= 0.6 is 0 Å². The largest absolute Gasteiger partial charge is 0.483 e. The van der Waals surface area contributed by atoms with E-state index in [-0.39, 0.29) is 120 Å². The Morgan fingerprint density at radius 3 is 0.409 bits per heavy atom. The second-order valence-corrected chi connectivity index (χ2v) is 0.632. The summed E-state index contributed by atoms with van der Waals surface area (Å²) in [5.41, 5.74) is 0. The molecule has 0 saturated carbocycles. The molecule has 0 aliphatic carbocycles. The van der Waals surface area contributed by atoms with E-state index in [4.69, 9.17) is 59.4 Å². The summed E-state index contributed by atoms with van der Waals surface area (Å²) in [6.45, 7) is -1.50. The fourth-order valence-corrected chi connectivity index (χ4v) is 0. The van der Waals surface area contributed by atoms with Crippen LogP contribution in [-0.2, 0) is 61.5 Å². The van der Waals surface area contributed by atoms with E-state index >= 15 is 0 Å². The fourth-order valence-electron chi connectivity index (χ4n) is 0. The standard InChI is InChI=1S/6CH2O2.Er.2H2O.Y/c6*2-1-3;;;;/h6*1H,(H,2,3);;2*1H2;. The van der Waals surface area contributed by atoms with Crippen molar-refractivity contribution >= 4 is 38.8 Å². The van der Waals surface area contributed by atoms with Gasteiger partial charge in [0.25, 0.3) is 38.8 Å². The number of hydrogen-bond donors (Lipinski definition) is 6. The first-order valence-corrected chi connectivity index (χ1v) is 2.96. The van der Waals surface area contributed by atoms with Gasteiger partial charge in [-0.3, -0.25) is 28.8 Å². The van der Waals surface area contributed by atoms with Crippen molar-refractivity contribution < 1.29 is 140 Å². The average Bonchev–Trinajstić information content (AvgIpc) is 2.23. The molecule has 0 rings (SSSR count). The third-order valence-electron chi connectivity index (χ3n) is 0. The van der Waals surface area contributed by atoms with Gasteiger partial charge in [0.15, 0.2) is 0 Å². The van der Waals surface area contributed by atoms with Crippen LogP contribution < -0.4 is 0 Å². The Morgan fingerprint density at radius 2 is 0.409 bits per heavy atom. The van der Waals surface area contributed by atoms with Gasteiger partial charge in [-0.1, -0.05) is 0 Å². The Labute approximate surface area is 177 Å². The minimum absolute atomic E-state index is 0. The summed E-state index contributed by atoms with van der Waals surface area (Å²) >= 11 is 0. The van der Waals surface area contributed by atoms with Gasteiger partial charge in [-0.25, -0.2) is 0 Å². The maximum Gasteiger partial charge on any atom is 0.290 e. The van der Waals surface area contributed by atoms with Crippen molar-refractivity contribution in [1.82, 2.24) is 0 Å². The fraction of sp³-hybridized carbons (Fsp3) is 0. The van der Waals surface area contributed by atoms with Crippen LogP contribution in [0.15, 0.2) is 0 Å². The molecule has 0 amide bonds. The molecule has 0 atom stereocenters. The van der Waals surface area contributed by atoms with Crippen LogP contribution in [0.4, 0.5) is 0 Å². The molecule has 0 fully saturated rings. The average molecular weight is 568 g/mol. The predicted molar refractivity (Wildman–Crippen MR) is 59.4 cm³/mol. The zero-order valence-electron chi connectivity index (χ0n) is 10.5. The van der Waals surface area contributed by atoms with Crippen LogP contribution in [0, 0.1) is 37.3 Å². The molecule has 10 N–H and O–H groups in total. The van der Waals surface area contributed by atoms with Crippen molar-refractivity contribution in [3.05, 3.63) is 0 Å². The van der Waals surface area contributed by atoms with E-state index in [0.717, 1.165) is 0 Å². The van der Waals surface area contributed by atoms with Crippen molar-refractivity contribution in [2.45, 2.75) is 0 Å². The van der Waals surface area contributed by atoms with Gasteiger partial charge in [-0.2, -0.15) is 0 Å². The van der Waals surface area contributed by atoms with Gasteiger partial charge >= 0.3 is 0 Å². The monoisotopic (exact) mass is 567 g/mol. The summed E-state index contributed by atoms with van der Waals surface area (Å²) in [5, 5.41) is 41.3. The predicted octanol–water partition coefficient (Wildman–Crippen LogP) is -3.45. The minimum Gasteiger partial charge on any atom is -0.483 e. The molecule has 22 heavy (non-hydrogen) atoms. The zero-order chi connectivity index (χ0) is 16.2. The molecule has 0 aliphatic heterocycles. The van der Waals surface area contributed by atoms with Crippen molar-refractivity contribution in [1.29, 1.82) is 0 Å². The molecule has 14 nitrogen and oxygen atoms in total. The Hall–Kier alpha value is -0.909. The van der Waals surface area contributed by atoms with E-state index in [1.54, 1.807) is 0 Å². The third-order valence-corrected chi connectivity index (χ3v) is 0. The first kappa shape index (κ1) is 69.2. The molecule has 0 aromatic heterocycles. The molecule has 0 unspecified atom stereocenters. The van der Waals surface area contributed by atoms with Crippen molar-refractivity contribution in [2.75, 3.05) is 0 Å². The van der Waals surface area contributed by atoms with Crippen LogP contribution in [0.5, 0.6) is 0 Å². The van der Waals surface area contributed by atoms with Crippen LogP contribution in [0.25, 0.3) is 0 Å². The maximum absolute atomic E-state index is 8.36. The summed E-state index contributed by atoms with van der Waals surface area (Å²) in [7, 11) is 0. The Bertz CT molecular complexity index is 121. The molecule has 0 aliphatic rings. The maximum atomic E-state index is 8.36. The summed E-state index contributed by atoms with van der Waals surface area (Å²) in [6.07, 6.45) is 0. The second-order valence-electron chi connectivity index (χ2n) is 0.632. The van der Waals surface area contributed by atoms with Crippen LogP contribution in [-0.4, -0.2) is 80.4 Å². The second kappa shape index (κ2) is 283. The van der Waals surface area contributed by atoms with Gasteiger partial charge in [-0.15, -0.1) is 0 Å². The SMILES string of the molecule is O.O.O=CO.O=CO.O=CO.O=CO.O=CO.O=CO.[Er].[Y]. The molecular weight excluding hydrogens is 552 g/mol. The van der Waals surface area contributed by atoms with Crippen molar-refractivity contribution in [2.24, 2.45) is 0 Å². The van der Waals surface area contributed by atoms with Gasteiger partial charge in [0.05, 0.1) is 0 Å². The summed E-state index contributed by atoms with van der Waals surface area (Å²) in [5.74, 6) is 0. The third kappa shape index (κ3) is 7560. The number of carboxylic acid groups (broad SMARTS) is 6. The van der Waals surface area contributed by atoms with Crippen LogP contribution in [0.2, 0.25) is 0 Å². The van der Waals surface area contributed by atoms with Crippen molar-refractivity contribution in [3.8, 4) is 0 Å². The quantitative estimate of drug-likeness (QED) is 0.156. The molecule has 0 heterocycles. The van der Waals surface area contributed by atoms with Gasteiger partial charge in [-0.05, 0) is 0 Å². The molecule has 139 valence electrons. The van der Waals surface area contributed by atoms with Gasteiger partial charge in [0, 0.05) is 70.0 Å². The molecule has 16 heteroatoms. The first-order chi connectivity index (χ1) is 8.49. The molecule has 0 bridgehead atoms. The van der Waals surface area contributed by atoms with Gasteiger partial charge in [0.1, 0.15) is 0 Å². The smallest absolute Gasteiger partial charge is 0.290 e. The summed E-state index contributed by atoms with van der Waals surface area (Å²) in [4.78, 5) is 50.2. The van der Waals surface area contributed by atoms with Crippen molar-refractivity contribution in [3.63, 3.8) is 0 Å². The summed E-state index contributed by atoms with van der Waals surface area (Å²) in [6, 6.07) is 0. The van der Waals surface area contributed by atoms with Gasteiger partial charge < -0.3 is 41.6 Å². The van der Waals surface area contributed by atoms with E-state index in [1.165, 1.54) is 0 Å². The first-order valence-electron chi connectivity index (χ1n) is 2.96. The van der Waals surface area contributed by atoms with E-state index in [0.29, 0.717) is 0 Å². The Morgan fingerprint density at radius 1 is 0.409 bits per heavy atom. The number of hydrogen-bond acceptors (Lipinski definition) is 6.